The van der Waals surface area contributed by atoms with Gasteiger partial charge in [0.2, 0.25) is 0 Å². The van der Waals surface area contributed by atoms with E-state index in [9.17, 15) is 9.90 Å². The summed E-state index contributed by atoms with van der Waals surface area (Å²) in [5, 5.41) is 9.81. The summed E-state index contributed by atoms with van der Waals surface area (Å²) in [7, 11) is 7.90. The van der Waals surface area contributed by atoms with Gasteiger partial charge < -0.3 is 19.6 Å². The van der Waals surface area contributed by atoms with Crippen molar-refractivity contribution in [2.24, 2.45) is 0 Å². The number of esters is 1. The van der Waals surface area contributed by atoms with Gasteiger partial charge in [-0.1, -0.05) is 6.07 Å². The minimum absolute atomic E-state index is 0.257. The molecular formula is C15H24N2O3. The van der Waals surface area contributed by atoms with E-state index in [-0.39, 0.29) is 13.0 Å². The molecule has 0 heterocycles. The quantitative estimate of drug-likeness (QED) is 0.796. The van der Waals surface area contributed by atoms with Crippen LogP contribution in [0.3, 0.4) is 0 Å². The second kappa shape index (κ2) is 7.14. The normalized spacial score (nSPS) is 11.9. The van der Waals surface area contributed by atoms with Crippen LogP contribution in [0, 0.1) is 0 Å². The number of ether oxygens (including phenoxy) is 1. The van der Waals surface area contributed by atoms with Crippen molar-refractivity contribution < 1.29 is 14.6 Å². The third-order valence-corrected chi connectivity index (χ3v) is 2.99. The lowest BCUT2D eigenvalue weighted by molar-refractivity contribution is -0.152. The molecule has 0 bridgehead atoms. The summed E-state index contributed by atoms with van der Waals surface area (Å²) in [6.07, 6.45) is -0.858. The zero-order valence-corrected chi connectivity index (χ0v) is 12.9. The molecule has 0 amide bonds. The van der Waals surface area contributed by atoms with Crippen LogP contribution in [0.25, 0.3) is 0 Å². The van der Waals surface area contributed by atoms with E-state index >= 15 is 0 Å². The highest BCUT2D eigenvalue weighted by Crippen LogP contribution is 2.28. The Balaban J connectivity index is 2.92. The molecule has 0 aliphatic heterocycles. The van der Waals surface area contributed by atoms with Crippen LogP contribution in [0.5, 0.6) is 0 Å². The van der Waals surface area contributed by atoms with Crippen molar-refractivity contribution in [1.29, 1.82) is 0 Å². The summed E-state index contributed by atoms with van der Waals surface area (Å²) >= 11 is 0. The second-order valence-electron chi connectivity index (χ2n) is 5.08. The number of anilines is 2. The molecule has 0 aliphatic rings. The van der Waals surface area contributed by atoms with Crippen molar-refractivity contribution in [1.82, 2.24) is 0 Å². The highest BCUT2D eigenvalue weighted by atomic mass is 16.5. The van der Waals surface area contributed by atoms with Crippen LogP contribution >= 0.6 is 0 Å². The van der Waals surface area contributed by atoms with Gasteiger partial charge in [-0.2, -0.15) is 0 Å². The van der Waals surface area contributed by atoms with Crippen LogP contribution in [0.2, 0.25) is 0 Å². The minimum atomic E-state index is -1.12. The first-order valence-electron chi connectivity index (χ1n) is 6.69. The topological polar surface area (TPSA) is 53.0 Å². The molecule has 0 fully saturated rings. The number of carbonyl (C=O) groups excluding carboxylic acids is 1. The Labute approximate surface area is 120 Å². The van der Waals surface area contributed by atoms with Crippen molar-refractivity contribution in [3.05, 3.63) is 23.8 Å². The number of benzene rings is 1. The standard InChI is InChI=1S/C15H24N2O3/c1-6-20-15(19)14(18)10-11-7-8-12(16(2)3)13(9-11)17(4)5/h7-9,14,18H,6,10H2,1-5H3/t14-/m1/s1. The lowest BCUT2D eigenvalue weighted by atomic mass is 10.1. The summed E-state index contributed by atoms with van der Waals surface area (Å²) in [5.74, 6) is -0.574. The molecule has 0 aromatic heterocycles. The molecule has 1 aromatic carbocycles. The molecular weight excluding hydrogens is 256 g/mol. The van der Waals surface area contributed by atoms with Crippen molar-refractivity contribution in [3.63, 3.8) is 0 Å². The summed E-state index contributed by atoms with van der Waals surface area (Å²) < 4.78 is 4.81. The third kappa shape index (κ3) is 4.13. The SMILES string of the molecule is CCOC(=O)[C@H](O)Cc1ccc(N(C)C)c(N(C)C)c1. The third-order valence-electron chi connectivity index (χ3n) is 2.99. The van der Waals surface area contributed by atoms with Gasteiger partial charge in [0.25, 0.3) is 0 Å². The van der Waals surface area contributed by atoms with E-state index in [1.165, 1.54) is 0 Å². The Morgan fingerprint density at radius 3 is 2.30 bits per heavy atom. The molecule has 20 heavy (non-hydrogen) atoms. The van der Waals surface area contributed by atoms with Crippen LogP contribution in [0.1, 0.15) is 12.5 Å². The summed E-state index contributed by atoms with van der Waals surface area (Å²) in [5.41, 5.74) is 3.03. The fourth-order valence-corrected chi connectivity index (χ4v) is 1.98. The molecule has 5 nitrogen and oxygen atoms in total. The number of hydrogen-bond acceptors (Lipinski definition) is 5. The first-order valence-corrected chi connectivity index (χ1v) is 6.69. The molecule has 112 valence electrons. The number of aliphatic hydroxyl groups is 1. The summed E-state index contributed by atoms with van der Waals surface area (Å²) in [6.45, 7) is 2.00. The molecule has 5 heteroatoms. The fourth-order valence-electron chi connectivity index (χ4n) is 1.98. The van der Waals surface area contributed by atoms with Crippen molar-refractivity contribution in [2.75, 3.05) is 44.6 Å². The second-order valence-corrected chi connectivity index (χ2v) is 5.08. The Kier molecular flexibility index (Phi) is 5.82. The molecule has 0 saturated heterocycles. The molecule has 0 radical (unpaired) electrons. The number of hydrogen-bond donors (Lipinski definition) is 1. The Morgan fingerprint density at radius 1 is 1.20 bits per heavy atom. The summed E-state index contributed by atoms with van der Waals surface area (Å²) in [6, 6.07) is 5.89. The zero-order valence-electron chi connectivity index (χ0n) is 12.9. The number of rotatable bonds is 6. The van der Waals surface area contributed by atoms with E-state index in [1.807, 2.05) is 56.2 Å². The maximum Gasteiger partial charge on any atom is 0.335 e. The number of aliphatic hydroxyl groups excluding tert-OH is 1. The minimum Gasteiger partial charge on any atom is -0.464 e. The average molecular weight is 280 g/mol. The Hall–Kier alpha value is -1.75. The monoisotopic (exact) mass is 280 g/mol. The van der Waals surface area contributed by atoms with Crippen LogP contribution in [-0.2, 0) is 16.0 Å². The van der Waals surface area contributed by atoms with Gasteiger partial charge in [0.1, 0.15) is 0 Å². The van der Waals surface area contributed by atoms with Crippen molar-refractivity contribution in [2.45, 2.75) is 19.4 Å². The highest BCUT2D eigenvalue weighted by Gasteiger charge is 2.18. The molecule has 1 atom stereocenters. The largest absolute Gasteiger partial charge is 0.464 e. The van der Waals surface area contributed by atoms with E-state index in [2.05, 4.69) is 0 Å². The van der Waals surface area contributed by atoms with Gasteiger partial charge in [0.15, 0.2) is 6.10 Å². The average Bonchev–Trinajstić information content (AvgIpc) is 2.38. The zero-order chi connectivity index (χ0) is 15.3. The van der Waals surface area contributed by atoms with Gasteiger partial charge in [0.05, 0.1) is 18.0 Å². The molecule has 1 aromatic rings. The van der Waals surface area contributed by atoms with Gasteiger partial charge in [0, 0.05) is 34.6 Å². The van der Waals surface area contributed by atoms with Gasteiger partial charge in [-0.3, -0.25) is 0 Å². The Morgan fingerprint density at radius 2 is 1.80 bits per heavy atom. The predicted molar refractivity (Wildman–Crippen MR) is 81.4 cm³/mol. The highest BCUT2D eigenvalue weighted by molar-refractivity contribution is 5.75. The van der Waals surface area contributed by atoms with E-state index in [1.54, 1.807) is 6.92 Å². The molecule has 0 aliphatic carbocycles. The number of carbonyl (C=O) groups is 1. The molecule has 0 spiro atoms. The molecule has 1 N–H and O–H groups in total. The van der Waals surface area contributed by atoms with Crippen LogP contribution in [0.15, 0.2) is 18.2 Å². The number of nitrogens with zero attached hydrogens (tertiary/aromatic N) is 2. The maximum atomic E-state index is 11.5. The molecule has 0 saturated carbocycles. The van der Waals surface area contributed by atoms with Gasteiger partial charge >= 0.3 is 5.97 Å². The smallest absolute Gasteiger partial charge is 0.335 e. The van der Waals surface area contributed by atoms with E-state index in [0.29, 0.717) is 0 Å². The van der Waals surface area contributed by atoms with Crippen molar-refractivity contribution in [3.8, 4) is 0 Å². The first-order chi connectivity index (χ1) is 9.36. The van der Waals surface area contributed by atoms with Gasteiger partial charge in [-0.05, 0) is 24.6 Å². The van der Waals surface area contributed by atoms with Crippen molar-refractivity contribution >= 4 is 17.3 Å². The van der Waals surface area contributed by atoms with Gasteiger partial charge in [-0.25, -0.2) is 4.79 Å². The predicted octanol–water partition coefficient (Wildman–Crippen LogP) is 1.29. The summed E-state index contributed by atoms with van der Waals surface area (Å²) in [4.78, 5) is 15.5. The molecule has 0 unspecified atom stereocenters. The van der Waals surface area contributed by atoms with Crippen LogP contribution in [-0.4, -0.2) is 52.0 Å². The van der Waals surface area contributed by atoms with E-state index in [4.69, 9.17) is 4.74 Å². The van der Waals surface area contributed by atoms with E-state index < -0.39 is 12.1 Å². The lowest BCUT2D eigenvalue weighted by Crippen LogP contribution is -2.25. The maximum absolute atomic E-state index is 11.5. The Bertz CT molecular complexity index is 458. The first kappa shape index (κ1) is 16.3. The fraction of sp³-hybridized carbons (Fsp3) is 0.533. The van der Waals surface area contributed by atoms with Crippen LogP contribution < -0.4 is 9.80 Å². The molecule has 1 rings (SSSR count). The van der Waals surface area contributed by atoms with Crippen LogP contribution in [0.4, 0.5) is 11.4 Å². The van der Waals surface area contributed by atoms with E-state index in [0.717, 1.165) is 16.9 Å². The lowest BCUT2D eigenvalue weighted by Gasteiger charge is -2.23. The van der Waals surface area contributed by atoms with Gasteiger partial charge in [-0.15, -0.1) is 0 Å².